The maximum absolute atomic E-state index is 12.0. The van der Waals surface area contributed by atoms with Crippen molar-refractivity contribution in [3.05, 3.63) is 60.2 Å². The number of carbonyl (C=O) groups excluding carboxylic acids is 2. The molecule has 0 aliphatic heterocycles. The van der Waals surface area contributed by atoms with E-state index in [2.05, 4.69) is 19.2 Å². The maximum Gasteiger partial charge on any atom is 0.338 e. The second-order valence-electron chi connectivity index (χ2n) is 6.05. The van der Waals surface area contributed by atoms with Gasteiger partial charge in [0.2, 0.25) is 0 Å². The zero-order valence-electron chi connectivity index (χ0n) is 14.5. The van der Waals surface area contributed by atoms with Crippen molar-refractivity contribution in [3.8, 4) is 11.5 Å². The lowest BCUT2D eigenvalue weighted by atomic mass is 10.1. The molecule has 0 unspecified atom stereocenters. The number of carbonyl (C=O) groups is 2. The zero-order chi connectivity index (χ0) is 18.1. The van der Waals surface area contributed by atoms with Crippen LogP contribution in [-0.2, 0) is 9.53 Å². The van der Waals surface area contributed by atoms with Crippen molar-refractivity contribution >= 4 is 11.9 Å². The van der Waals surface area contributed by atoms with Gasteiger partial charge in [-0.1, -0.05) is 32.0 Å². The minimum absolute atomic E-state index is 0.279. The standard InChI is InChI=1S/C20H23NO4/c1-15(2)12-13-21-19(22)14-24-20(23)16-8-10-18(11-9-16)25-17-6-4-3-5-7-17/h3-11,15H,12-14H2,1-2H3,(H,21,22). The number of hydrogen-bond donors (Lipinski definition) is 1. The molecule has 25 heavy (non-hydrogen) atoms. The van der Waals surface area contributed by atoms with E-state index in [0.29, 0.717) is 23.8 Å². The predicted octanol–water partition coefficient (Wildman–Crippen LogP) is 3.80. The third-order valence-corrected chi connectivity index (χ3v) is 3.45. The summed E-state index contributed by atoms with van der Waals surface area (Å²) in [5.41, 5.74) is 0.371. The number of ether oxygens (including phenoxy) is 2. The lowest BCUT2D eigenvalue weighted by Crippen LogP contribution is -2.30. The molecule has 1 N–H and O–H groups in total. The summed E-state index contributed by atoms with van der Waals surface area (Å²) >= 11 is 0. The Kier molecular flexibility index (Phi) is 7.01. The summed E-state index contributed by atoms with van der Waals surface area (Å²) in [6, 6.07) is 16.0. The molecule has 0 bridgehead atoms. The third-order valence-electron chi connectivity index (χ3n) is 3.45. The van der Waals surface area contributed by atoms with E-state index in [9.17, 15) is 9.59 Å². The Morgan fingerprint density at radius 1 is 0.960 bits per heavy atom. The summed E-state index contributed by atoms with van der Waals surface area (Å²) in [4.78, 5) is 23.6. The van der Waals surface area contributed by atoms with Crippen LogP contribution in [0.4, 0.5) is 0 Å². The Labute approximate surface area is 148 Å². The van der Waals surface area contributed by atoms with Crippen LogP contribution in [0.15, 0.2) is 54.6 Å². The monoisotopic (exact) mass is 341 g/mol. The molecule has 0 saturated heterocycles. The van der Waals surface area contributed by atoms with Gasteiger partial charge >= 0.3 is 5.97 Å². The van der Waals surface area contributed by atoms with Crippen LogP contribution in [0.1, 0.15) is 30.6 Å². The minimum Gasteiger partial charge on any atom is -0.457 e. The average molecular weight is 341 g/mol. The summed E-state index contributed by atoms with van der Waals surface area (Å²) in [5.74, 6) is 1.02. The van der Waals surface area contributed by atoms with Crippen molar-refractivity contribution in [2.75, 3.05) is 13.2 Å². The highest BCUT2D eigenvalue weighted by Crippen LogP contribution is 2.21. The van der Waals surface area contributed by atoms with E-state index in [0.717, 1.165) is 12.2 Å². The fourth-order valence-corrected chi connectivity index (χ4v) is 2.05. The molecule has 0 aliphatic carbocycles. The average Bonchev–Trinajstić information content (AvgIpc) is 2.61. The molecule has 0 radical (unpaired) electrons. The Morgan fingerprint density at radius 2 is 1.60 bits per heavy atom. The van der Waals surface area contributed by atoms with E-state index >= 15 is 0 Å². The molecule has 0 aromatic heterocycles. The van der Waals surface area contributed by atoms with Crippen LogP contribution in [0.5, 0.6) is 11.5 Å². The molecule has 0 saturated carbocycles. The van der Waals surface area contributed by atoms with Crippen LogP contribution in [0, 0.1) is 5.92 Å². The van der Waals surface area contributed by atoms with Crippen molar-refractivity contribution < 1.29 is 19.1 Å². The van der Waals surface area contributed by atoms with Crippen LogP contribution in [0.25, 0.3) is 0 Å². The van der Waals surface area contributed by atoms with E-state index < -0.39 is 5.97 Å². The molecule has 2 rings (SSSR count). The molecule has 0 heterocycles. The van der Waals surface area contributed by atoms with Crippen molar-refractivity contribution in [2.45, 2.75) is 20.3 Å². The first-order valence-electron chi connectivity index (χ1n) is 8.31. The van der Waals surface area contributed by atoms with Crippen LogP contribution in [0.3, 0.4) is 0 Å². The lowest BCUT2D eigenvalue weighted by Gasteiger charge is -2.09. The van der Waals surface area contributed by atoms with Gasteiger partial charge < -0.3 is 14.8 Å². The van der Waals surface area contributed by atoms with Crippen LogP contribution in [0.2, 0.25) is 0 Å². The molecule has 0 atom stereocenters. The molecule has 132 valence electrons. The molecule has 0 spiro atoms. The number of hydrogen-bond acceptors (Lipinski definition) is 4. The predicted molar refractivity (Wildman–Crippen MR) is 95.7 cm³/mol. The zero-order valence-corrected chi connectivity index (χ0v) is 14.5. The first-order chi connectivity index (χ1) is 12.0. The summed E-state index contributed by atoms with van der Waals surface area (Å²) in [6.45, 7) is 4.47. The fourth-order valence-electron chi connectivity index (χ4n) is 2.05. The number of rotatable bonds is 8. The Hall–Kier alpha value is -2.82. The Balaban J connectivity index is 1.79. The molecule has 2 aromatic rings. The van der Waals surface area contributed by atoms with Gasteiger partial charge in [-0.25, -0.2) is 4.79 Å². The highest BCUT2D eigenvalue weighted by molar-refractivity contribution is 5.91. The fraction of sp³-hybridized carbons (Fsp3) is 0.300. The summed E-state index contributed by atoms with van der Waals surface area (Å²) in [5, 5.41) is 2.72. The number of para-hydroxylation sites is 1. The van der Waals surface area contributed by atoms with Crippen LogP contribution >= 0.6 is 0 Å². The molecule has 1 amide bonds. The quantitative estimate of drug-likeness (QED) is 0.742. The second-order valence-corrected chi connectivity index (χ2v) is 6.05. The largest absolute Gasteiger partial charge is 0.457 e. The summed E-state index contributed by atoms with van der Waals surface area (Å²) in [7, 11) is 0. The van der Waals surface area contributed by atoms with Gasteiger partial charge in [-0.3, -0.25) is 4.79 Å². The topological polar surface area (TPSA) is 64.6 Å². The summed E-state index contributed by atoms with van der Waals surface area (Å²) < 4.78 is 10.7. The van der Waals surface area contributed by atoms with E-state index in [-0.39, 0.29) is 12.5 Å². The minimum atomic E-state index is -0.537. The van der Waals surface area contributed by atoms with Gasteiger partial charge in [-0.05, 0) is 48.7 Å². The molecule has 0 aliphatic rings. The number of amides is 1. The van der Waals surface area contributed by atoms with E-state index in [1.807, 2.05) is 30.3 Å². The number of esters is 1. The van der Waals surface area contributed by atoms with Crippen LogP contribution < -0.4 is 10.1 Å². The number of benzene rings is 2. The smallest absolute Gasteiger partial charge is 0.338 e. The van der Waals surface area contributed by atoms with Crippen molar-refractivity contribution in [2.24, 2.45) is 5.92 Å². The Morgan fingerprint density at radius 3 is 2.24 bits per heavy atom. The first-order valence-corrected chi connectivity index (χ1v) is 8.31. The maximum atomic E-state index is 12.0. The normalized spacial score (nSPS) is 10.4. The molecule has 5 heteroatoms. The van der Waals surface area contributed by atoms with Gasteiger partial charge in [-0.15, -0.1) is 0 Å². The van der Waals surface area contributed by atoms with E-state index in [1.165, 1.54) is 0 Å². The van der Waals surface area contributed by atoms with Gasteiger partial charge in [0, 0.05) is 6.54 Å². The third kappa shape index (κ3) is 6.67. The molecular formula is C20H23NO4. The van der Waals surface area contributed by atoms with E-state index in [1.54, 1.807) is 24.3 Å². The first kappa shape index (κ1) is 18.5. The molecule has 0 fully saturated rings. The SMILES string of the molecule is CC(C)CCNC(=O)COC(=O)c1ccc(Oc2ccccc2)cc1. The summed E-state index contributed by atoms with van der Waals surface area (Å²) in [6.07, 6.45) is 0.891. The van der Waals surface area contributed by atoms with Crippen molar-refractivity contribution in [1.82, 2.24) is 5.32 Å². The highest BCUT2D eigenvalue weighted by atomic mass is 16.5. The van der Waals surface area contributed by atoms with Crippen molar-refractivity contribution in [1.29, 1.82) is 0 Å². The van der Waals surface area contributed by atoms with E-state index in [4.69, 9.17) is 9.47 Å². The van der Waals surface area contributed by atoms with Crippen molar-refractivity contribution in [3.63, 3.8) is 0 Å². The van der Waals surface area contributed by atoms with Gasteiger partial charge in [0.15, 0.2) is 6.61 Å². The van der Waals surface area contributed by atoms with Gasteiger partial charge in [0.05, 0.1) is 5.56 Å². The molecule has 2 aromatic carbocycles. The molecular weight excluding hydrogens is 318 g/mol. The molecule has 5 nitrogen and oxygen atoms in total. The second kappa shape index (κ2) is 9.47. The number of nitrogens with one attached hydrogen (secondary N) is 1. The lowest BCUT2D eigenvalue weighted by molar-refractivity contribution is -0.124. The Bertz CT molecular complexity index is 681. The van der Waals surface area contributed by atoms with Gasteiger partial charge in [0.1, 0.15) is 11.5 Å². The van der Waals surface area contributed by atoms with Gasteiger partial charge in [0.25, 0.3) is 5.91 Å². The highest BCUT2D eigenvalue weighted by Gasteiger charge is 2.10. The van der Waals surface area contributed by atoms with Gasteiger partial charge in [-0.2, -0.15) is 0 Å². The van der Waals surface area contributed by atoms with Crippen LogP contribution in [-0.4, -0.2) is 25.0 Å².